The highest BCUT2D eigenvalue weighted by atomic mass is 35.5. The Hall–Kier alpha value is -0.100. The van der Waals surface area contributed by atoms with Gasteiger partial charge in [-0.25, -0.2) is 4.39 Å². The molecule has 0 saturated carbocycles. The molecule has 1 aliphatic heterocycles. The van der Waals surface area contributed by atoms with Gasteiger partial charge in [-0.2, -0.15) is 0 Å². The summed E-state index contributed by atoms with van der Waals surface area (Å²) in [6, 6.07) is 2.55. The average Bonchev–Trinajstić information content (AvgIpc) is 2.43. The predicted octanol–water partition coefficient (Wildman–Crippen LogP) is 2.88. The number of aliphatic hydroxyl groups is 1. The highest BCUT2D eigenvalue weighted by molar-refractivity contribution is 6.42. The highest BCUT2D eigenvalue weighted by Crippen LogP contribution is 2.36. The summed E-state index contributed by atoms with van der Waals surface area (Å²) in [5.74, 6) is -0.369. The molecule has 2 N–H and O–H groups in total. The van der Waals surface area contributed by atoms with Crippen molar-refractivity contribution in [1.29, 1.82) is 0 Å². The lowest BCUT2D eigenvalue weighted by molar-refractivity contribution is 0.138. The molecule has 114 valence electrons. The van der Waals surface area contributed by atoms with E-state index in [9.17, 15) is 9.50 Å². The molecular weight excluding hydrogens is 326 g/mol. The average molecular weight is 344 g/mol. The Kier molecular flexibility index (Phi) is 7.51. The Morgan fingerprint density at radius 3 is 2.55 bits per heavy atom. The van der Waals surface area contributed by atoms with Gasteiger partial charge >= 0.3 is 0 Å². The van der Waals surface area contributed by atoms with E-state index in [4.69, 9.17) is 23.2 Å². The van der Waals surface area contributed by atoms with Gasteiger partial charge in [0.2, 0.25) is 0 Å². The van der Waals surface area contributed by atoms with Gasteiger partial charge in [-0.15, -0.1) is 12.4 Å². The Bertz CT molecular complexity index is 442. The molecule has 1 aliphatic rings. The first-order valence-corrected chi connectivity index (χ1v) is 7.09. The number of nitrogens with one attached hydrogen (secondary N) is 1. The second-order valence-corrected chi connectivity index (χ2v) is 5.36. The van der Waals surface area contributed by atoms with Crippen LogP contribution in [0.2, 0.25) is 10.0 Å². The smallest absolute Gasteiger partial charge is 0.129 e. The third-order valence-electron chi connectivity index (χ3n) is 3.41. The van der Waals surface area contributed by atoms with Crippen LogP contribution in [0.3, 0.4) is 0 Å². The summed E-state index contributed by atoms with van der Waals surface area (Å²) < 4.78 is 14.1. The number of rotatable bonds is 4. The van der Waals surface area contributed by atoms with Crippen LogP contribution in [0.4, 0.5) is 4.39 Å². The van der Waals surface area contributed by atoms with Crippen LogP contribution in [0.5, 0.6) is 0 Å². The van der Waals surface area contributed by atoms with Gasteiger partial charge in [-0.05, 0) is 18.6 Å². The zero-order chi connectivity index (χ0) is 13.8. The lowest BCUT2D eigenvalue weighted by atomic mass is 10.0. The number of hydrogen-bond donors (Lipinski definition) is 2. The van der Waals surface area contributed by atoms with Gasteiger partial charge < -0.3 is 10.4 Å². The van der Waals surface area contributed by atoms with Crippen molar-refractivity contribution in [3.05, 3.63) is 33.6 Å². The van der Waals surface area contributed by atoms with Crippen molar-refractivity contribution in [2.75, 3.05) is 32.8 Å². The summed E-state index contributed by atoms with van der Waals surface area (Å²) in [6.45, 7) is 3.28. The van der Waals surface area contributed by atoms with Crippen LogP contribution in [-0.4, -0.2) is 42.8 Å². The van der Waals surface area contributed by atoms with Gasteiger partial charge in [0.25, 0.3) is 0 Å². The second kappa shape index (κ2) is 8.37. The number of nitrogens with zero attached hydrogens (tertiary/aromatic N) is 1. The molecule has 0 bridgehead atoms. The van der Waals surface area contributed by atoms with Gasteiger partial charge in [-0.1, -0.05) is 23.2 Å². The zero-order valence-corrected chi connectivity index (χ0v) is 13.2. The highest BCUT2D eigenvalue weighted by Gasteiger charge is 2.27. The molecule has 0 radical (unpaired) electrons. The van der Waals surface area contributed by atoms with Gasteiger partial charge in [0.15, 0.2) is 0 Å². The normalized spacial score (nSPS) is 17.6. The van der Waals surface area contributed by atoms with Crippen LogP contribution in [0.25, 0.3) is 0 Å². The Morgan fingerprint density at radius 1 is 1.30 bits per heavy atom. The van der Waals surface area contributed by atoms with Crippen LogP contribution in [-0.2, 0) is 0 Å². The van der Waals surface area contributed by atoms with E-state index in [-0.39, 0.29) is 35.9 Å². The molecule has 1 fully saturated rings. The van der Waals surface area contributed by atoms with Crippen molar-refractivity contribution < 1.29 is 9.50 Å². The Balaban J connectivity index is 0.00000200. The lowest BCUT2D eigenvalue weighted by Crippen LogP contribution is -2.45. The topological polar surface area (TPSA) is 35.5 Å². The van der Waals surface area contributed by atoms with Gasteiger partial charge in [-0.3, -0.25) is 4.90 Å². The van der Waals surface area contributed by atoms with Gasteiger partial charge in [0.05, 0.1) is 10.0 Å². The van der Waals surface area contributed by atoms with Crippen molar-refractivity contribution in [2.45, 2.75) is 12.5 Å². The first kappa shape index (κ1) is 18.0. The summed E-state index contributed by atoms with van der Waals surface area (Å²) in [5.41, 5.74) is 0.394. The molecule has 2 rings (SSSR count). The first-order chi connectivity index (χ1) is 9.15. The molecule has 7 heteroatoms. The number of aliphatic hydroxyl groups excluding tert-OH is 1. The van der Waals surface area contributed by atoms with E-state index >= 15 is 0 Å². The van der Waals surface area contributed by atoms with Gasteiger partial charge in [0.1, 0.15) is 5.82 Å². The summed E-state index contributed by atoms with van der Waals surface area (Å²) in [7, 11) is 0. The fourth-order valence-corrected chi connectivity index (χ4v) is 2.92. The van der Waals surface area contributed by atoms with E-state index in [1.807, 2.05) is 0 Å². The largest absolute Gasteiger partial charge is 0.396 e. The van der Waals surface area contributed by atoms with E-state index < -0.39 is 0 Å². The van der Waals surface area contributed by atoms with E-state index in [1.54, 1.807) is 0 Å². The van der Waals surface area contributed by atoms with Gasteiger partial charge in [0, 0.05) is 44.4 Å². The predicted molar refractivity (Wildman–Crippen MR) is 82.6 cm³/mol. The zero-order valence-electron chi connectivity index (χ0n) is 10.9. The molecule has 1 atom stereocenters. The summed E-state index contributed by atoms with van der Waals surface area (Å²) >= 11 is 12.1. The maximum absolute atomic E-state index is 14.1. The standard InChI is InChI=1S/C13H17Cl2FN2O.ClH/c14-9-1-2-10(16)12(13(9)15)11(3-8-19)18-6-4-17-5-7-18;/h1-2,11,17,19H,3-8H2;1H/t11-;/m1./s1. The Morgan fingerprint density at radius 2 is 1.95 bits per heavy atom. The molecule has 20 heavy (non-hydrogen) atoms. The molecule has 1 aromatic carbocycles. The molecule has 1 saturated heterocycles. The van der Waals surface area contributed by atoms with Crippen molar-refractivity contribution in [2.24, 2.45) is 0 Å². The SMILES string of the molecule is Cl.OCC[C@H](c1c(F)ccc(Cl)c1Cl)N1CCNCC1. The van der Waals surface area contributed by atoms with Crippen molar-refractivity contribution in [3.8, 4) is 0 Å². The lowest BCUT2D eigenvalue weighted by Gasteiger charge is -2.35. The number of benzene rings is 1. The van der Waals surface area contributed by atoms with Crippen molar-refractivity contribution >= 4 is 35.6 Å². The van der Waals surface area contributed by atoms with E-state index in [2.05, 4.69) is 10.2 Å². The molecule has 0 amide bonds. The van der Waals surface area contributed by atoms with Crippen LogP contribution in [0.15, 0.2) is 12.1 Å². The molecule has 0 unspecified atom stereocenters. The minimum atomic E-state index is -0.369. The molecule has 1 aromatic rings. The monoisotopic (exact) mass is 342 g/mol. The molecule has 3 nitrogen and oxygen atoms in total. The van der Waals surface area contributed by atoms with Crippen LogP contribution in [0.1, 0.15) is 18.0 Å². The van der Waals surface area contributed by atoms with Crippen LogP contribution < -0.4 is 5.32 Å². The fraction of sp³-hybridized carbons (Fsp3) is 0.538. The van der Waals surface area contributed by atoms with Crippen LogP contribution in [0, 0.1) is 5.82 Å². The molecule has 0 aromatic heterocycles. The minimum absolute atomic E-state index is 0. The third kappa shape index (κ3) is 3.97. The van der Waals surface area contributed by atoms with E-state index in [0.717, 1.165) is 26.2 Å². The molecule has 1 heterocycles. The maximum Gasteiger partial charge on any atom is 0.129 e. The quantitative estimate of drug-likeness (QED) is 0.825. The van der Waals surface area contributed by atoms with Crippen molar-refractivity contribution in [1.82, 2.24) is 10.2 Å². The number of piperazine rings is 1. The van der Waals surface area contributed by atoms with E-state index in [1.165, 1.54) is 12.1 Å². The first-order valence-electron chi connectivity index (χ1n) is 6.34. The summed E-state index contributed by atoms with van der Waals surface area (Å²) in [4.78, 5) is 2.13. The van der Waals surface area contributed by atoms with E-state index in [0.29, 0.717) is 17.0 Å². The molecule has 0 spiro atoms. The molecule has 0 aliphatic carbocycles. The number of hydrogen-bond acceptors (Lipinski definition) is 3. The molecular formula is C13H18Cl3FN2O. The maximum atomic E-state index is 14.1. The second-order valence-electron chi connectivity index (χ2n) is 4.57. The van der Waals surface area contributed by atoms with Crippen molar-refractivity contribution in [3.63, 3.8) is 0 Å². The third-order valence-corrected chi connectivity index (χ3v) is 4.23. The Labute approximate surface area is 134 Å². The minimum Gasteiger partial charge on any atom is -0.396 e. The fourth-order valence-electron chi connectivity index (χ4n) is 2.47. The summed E-state index contributed by atoms with van der Waals surface area (Å²) in [6.07, 6.45) is 0.441. The summed E-state index contributed by atoms with van der Waals surface area (Å²) in [5, 5.41) is 13.1. The van der Waals surface area contributed by atoms with Crippen LogP contribution >= 0.6 is 35.6 Å². The number of halogens is 4.